The second kappa shape index (κ2) is 7.94. The van der Waals surface area contributed by atoms with Gasteiger partial charge in [-0.3, -0.25) is 9.48 Å². The summed E-state index contributed by atoms with van der Waals surface area (Å²) in [5.41, 5.74) is 2.68. The Hall–Kier alpha value is -3.74. The second-order valence-corrected chi connectivity index (χ2v) is 7.01. The molecule has 0 aliphatic rings. The lowest BCUT2D eigenvalue weighted by atomic mass is 10.1. The summed E-state index contributed by atoms with van der Waals surface area (Å²) < 4.78 is 21.4. The van der Waals surface area contributed by atoms with Crippen LogP contribution in [0.5, 0.6) is 0 Å². The van der Waals surface area contributed by atoms with E-state index in [-0.39, 0.29) is 24.8 Å². The molecule has 0 N–H and O–H groups in total. The van der Waals surface area contributed by atoms with Crippen LogP contribution in [0, 0.1) is 12.7 Å². The van der Waals surface area contributed by atoms with Crippen LogP contribution >= 0.6 is 0 Å². The number of hydrogen-bond acceptors (Lipinski definition) is 4. The van der Waals surface area contributed by atoms with Crippen LogP contribution in [0.4, 0.5) is 4.39 Å². The second-order valence-electron chi connectivity index (χ2n) is 7.01. The van der Waals surface area contributed by atoms with E-state index >= 15 is 0 Å². The fourth-order valence-electron chi connectivity index (χ4n) is 3.54. The van der Waals surface area contributed by atoms with Gasteiger partial charge in [0.05, 0.1) is 22.9 Å². The zero-order chi connectivity index (χ0) is 21.3. The van der Waals surface area contributed by atoms with E-state index in [1.807, 2.05) is 6.92 Å². The zero-order valence-corrected chi connectivity index (χ0v) is 16.8. The van der Waals surface area contributed by atoms with Gasteiger partial charge in [0.1, 0.15) is 11.5 Å². The van der Waals surface area contributed by atoms with Crippen molar-refractivity contribution in [3.8, 4) is 11.5 Å². The Morgan fingerprint density at radius 1 is 1.30 bits per heavy atom. The van der Waals surface area contributed by atoms with E-state index in [0.717, 1.165) is 0 Å². The molecule has 0 spiro atoms. The molecule has 0 radical (unpaired) electrons. The maximum absolute atomic E-state index is 14.2. The number of furan rings is 1. The molecule has 0 unspecified atom stereocenters. The number of aromatic nitrogens is 3. The van der Waals surface area contributed by atoms with Gasteiger partial charge < -0.3 is 9.32 Å². The Morgan fingerprint density at radius 3 is 2.80 bits per heavy atom. The maximum atomic E-state index is 14.2. The lowest BCUT2D eigenvalue weighted by molar-refractivity contribution is 0.0763. The van der Waals surface area contributed by atoms with Crippen LogP contribution in [-0.2, 0) is 13.6 Å². The smallest absolute Gasteiger partial charge is 0.255 e. The Kier molecular flexibility index (Phi) is 5.18. The number of nitrogens with zero attached hydrogens (tertiary/aromatic N) is 4. The SMILES string of the molecule is C=CCN(Cc1ccccc1F)C(=O)c1cc(-c2ccco2)nc2c1c(C)nn2C. The molecule has 30 heavy (non-hydrogen) atoms. The van der Waals surface area contributed by atoms with E-state index in [1.165, 1.54) is 6.07 Å². The molecular formula is C23H21FN4O2. The minimum Gasteiger partial charge on any atom is -0.463 e. The molecule has 0 saturated carbocycles. The summed E-state index contributed by atoms with van der Waals surface area (Å²) in [4.78, 5) is 19.8. The fourth-order valence-corrected chi connectivity index (χ4v) is 3.54. The molecule has 1 amide bonds. The Balaban J connectivity index is 1.84. The topological polar surface area (TPSA) is 64.2 Å². The largest absolute Gasteiger partial charge is 0.463 e. The highest BCUT2D eigenvalue weighted by atomic mass is 19.1. The number of rotatable bonds is 6. The van der Waals surface area contributed by atoms with Gasteiger partial charge in [0.2, 0.25) is 0 Å². The average molecular weight is 404 g/mol. The number of benzene rings is 1. The molecule has 0 fully saturated rings. The van der Waals surface area contributed by atoms with Crippen LogP contribution in [0.15, 0.2) is 65.8 Å². The summed E-state index contributed by atoms with van der Waals surface area (Å²) in [6, 6.07) is 11.7. The van der Waals surface area contributed by atoms with Gasteiger partial charge in [0.15, 0.2) is 11.4 Å². The predicted molar refractivity (Wildman–Crippen MR) is 112 cm³/mol. The molecule has 4 aromatic rings. The quantitative estimate of drug-likeness (QED) is 0.444. The number of amides is 1. The highest BCUT2D eigenvalue weighted by molar-refractivity contribution is 6.07. The highest BCUT2D eigenvalue weighted by Gasteiger charge is 2.24. The van der Waals surface area contributed by atoms with Crippen LogP contribution in [-0.4, -0.2) is 32.1 Å². The molecule has 6 nitrogen and oxygen atoms in total. The number of hydrogen-bond donors (Lipinski definition) is 0. The fraction of sp³-hybridized carbons (Fsp3) is 0.174. The minimum atomic E-state index is -0.354. The van der Waals surface area contributed by atoms with Gasteiger partial charge in [-0.25, -0.2) is 9.37 Å². The molecule has 0 aliphatic carbocycles. The summed E-state index contributed by atoms with van der Waals surface area (Å²) in [5, 5.41) is 5.10. The first-order chi connectivity index (χ1) is 14.5. The summed E-state index contributed by atoms with van der Waals surface area (Å²) in [5.74, 6) is -0.0586. The Bertz CT molecular complexity index is 1230. The number of carbonyl (C=O) groups is 1. The van der Waals surface area contributed by atoms with Gasteiger partial charge in [0, 0.05) is 25.7 Å². The van der Waals surface area contributed by atoms with Crippen molar-refractivity contribution in [3.05, 3.63) is 84.0 Å². The molecule has 0 aliphatic heterocycles. The third-order valence-electron chi connectivity index (χ3n) is 4.93. The molecule has 3 heterocycles. The van der Waals surface area contributed by atoms with Gasteiger partial charge in [-0.2, -0.15) is 5.10 Å². The summed E-state index contributed by atoms with van der Waals surface area (Å²) in [7, 11) is 1.78. The van der Waals surface area contributed by atoms with Gasteiger partial charge in [-0.05, 0) is 31.2 Å². The van der Waals surface area contributed by atoms with Gasteiger partial charge in [-0.1, -0.05) is 24.3 Å². The number of fused-ring (bicyclic) bond motifs is 1. The molecule has 7 heteroatoms. The van der Waals surface area contributed by atoms with Crippen molar-refractivity contribution in [1.29, 1.82) is 0 Å². The van der Waals surface area contributed by atoms with Crippen molar-refractivity contribution >= 4 is 16.9 Å². The monoisotopic (exact) mass is 404 g/mol. The van der Waals surface area contributed by atoms with Crippen molar-refractivity contribution in [1.82, 2.24) is 19.7 Å². The van der Waals surface area contributed by atoms with E-state index < -0.39 is 0 Å². The van der Waals surface area contributed by atoms with E-state index in [2.05, 4.69) is 16.7 Å². The summed E-state index contributed by atoms with van der Waals surface area (Å²) in [6.45, 7) is 5.98. The molecular weight excluding hydrogens is 383 g/mol. The van der Waals surface area contributed by atoms with E-state index in [9.17, 15) is 9.18 Å². The number of carbonyl (C=O) groups excluding carboxylic acids is 1. The normalized spacial score (nSPS) is 11.0. The van der Waals surface area contributed by atoms with Crippen LogP contribution in [0.25, 0.3) is 22.5 Å². The molecule has 152 valence electrons. The predicted octanol–water partition coefficient (Wildman–Crippen LogP) is 4.50. The average Bonchev–Trinajstić information content (AvgIpc) is 3.37. The molecule has 0 atom stereocenters. The van der Waals surface area contributed by atoms with Crippen molar-refractivity contribution < 1.29 is 13.6 Å². The van der Waals surface area contributed by atoms with Crippen molar-refractivity contribution in [2.75, 3.05) is 6.54 Å². The first kappa shape index (κ1) is 19.6. The van der Waals surface area contributed by atoms with Gasteiger partial charge in [0.25, 0.3) is 5.91 Å². The third-order valence-corrected chi connectivity index (χ3v) is 4.93. The zero-order valence-electron chi connectivity index (χ0n) is 16.8. The number of halogens is 1. The molecule has 0 bridgehead atoms. The van der Waals surface area contributed by atoms with Gasteiger partial charge >= 0.3 is 0 Å². The van der Waals surface area contributed by atoms with E-state index in [4.69, 9.17) is 4.42 Å². The summed E-state index contributed by atoms with van der Waals surface area (Å²) in [6.07, 6.45) is 3.18. The molecule has 4 rings (SSSR count). The lowest BCUT2D eigenvalue weighted by Gasteiger charge is -2.22. The molecule has 1 aromatic carbocycles. The highest BCUT2D eigenvalue weighted by Crippen LogP contribution is 2.28. The number of aryl methyl sites for hydroxylation is 2. The minimum absolute atomic E-state index is 0.122. The van der Waals surface area contributed by atoms with Crippen LogP contribution < -0.4 is 0 Å². The standard InChI is InChI=1S/C23H21FN4O2/c1-4-11-28(14-16-8-5-6-9-18(16)24)23(29)17-13-19(20-10-7-12-30-20)25-22-21(17)15(2)26-27(22)3/h4-10,12-13H,1,11,14H2,2-3H3. The Labute approximate surface area is 173 Å². The van der Waals surface area contributed by atoms with Crippen LogP contribution in [0.1, 0.15) is 21.6 Å². The lowest BCUT2D eigenvalue weighted by Crippen LogP contribution is -2.31. The van der Waals surface area contributed by atoms with E-state index in [1.54, 1.807) is 65.4 Å². The maximum Gasteiger partial charge on any atom is 0.255 e. The first-order valence-corrected chi connectivity index (χ1v) is 9.51. The third kappa shape index (κ3) is 3.50. The van der Waals surface area contributed by atoms with Crippen molar-refractivity contribution in [2.24, 2.45) is 7.05 Å². The van der Waals surface area contributed by atoms with Crippen LogP contribution in [0.2, 0.25) is 0 Å². The van der Waals surface area contributed by atoms with Gasteiger partial charge in [-0.15, -0.1) is 6.58 Å². The van der Waals surface area contributed by atoms with Crippen molar-refractivity contribution in [2.45, 2.75) is 13.5 Å². The summed E-state index contributed by atoms with van der Waals surface area (Å²) >= 11 is 0. The molecule has 0 saturated heterocycles. The van der Waals surface area contributed by atoms with Crippen LogP contribution in [0.3, 0.4) is 0 Å². The van der Waals surface area contributed by atoms with E-state index in [0.29, 0.717) is 39.3 Å². The first-order valence-electron chi connectivity index (χ1n) is 9.51. The van der Waals surface area contributed by atoms with Crippen molar-refractivity contribution in [3.63, 3.8) is 0 Å². The number of pyridine rings is 1. The Morgan fingerprint density at radius 2 is 2.10 bits per heavy atom. The molecule has 3 aromatic heterocycles.